The first-order valence-electron chi connectivity index (χ1n) is 13.4. The lowest BCUT2D eigenvalue weighted by molar-refractivity contribution is -0.0137. The number of likely N-dealkylation sites (N-methyl/N-ethyl adjacent to an activating group) is 1. The fraction of sp³-hybridized carbons (Fsp3) is 0.552. The minimum atomic E-state index is -0.418. The predicted octanol–water partition coefficient (Wildman–Crippen LogP) is 3.69. The van der Waals surface area contributed by atoms with Gasteiger partial charge in [-0.25, -0.2) is 0 Å². The van der Waals surface area contributed by atoms with Gasteiger partial charge in [0, 0.05) is 49.3 Å². The van der Waals surface area contributed by atoms with Gasteiger partial charge in [-0.3, -0.25) is 14.6 Å². The molecular formula is C29H42N4O5. The van der Waals surface area contributed by atoms with Crippen LogP contribution in [0.3, 0.4) is 0 Å². The Labute approximate surface area is 226 Å². The largest absolute Gasteiger partial charge is 0.490 e. The molecule has 1 aromatic carbocycles. The molecule has 2 amide bonds. The predicted molar refractivity (Wildman–Crippen MR) is 148 cm³/mol. The van der Waals surface area contributed by atoms with Crippen molar-refractivity contribution in [1.82, 2.24) is 14.8 Å². The van der Waals surface area contributed by atoms with Crippen molar-refractivity contribution in [1.29, 1.82) is 0 Å². The SMILES string of the molecule is C[C@@H]1CCCCO[C@H](CN(C)C)[C@H](C)CN([C@H](C)CO)C(=O)c2cc(NC(=O)c3ccncc3)ccc2O1. The molecule has 0 saturated heterocycles. The molecule has 0 bridgehead atoms. The van der Waals surface area contributed by atoms with E-state index in [0.29, 0.717) is 35.7 Å². The molecule has 2 N–H and O–H groups in total. The molecule has 9 nitrogen and oxygen atoms in total. The van der Waals surface area contributed by atoms with Gasteiger partial charge in [0.2, 0.25) is 0 Å². The number of nitrogens with one attached hydrogen (secondary N) is 1. The van der Waals surface area contributed by atoms with Gasteiger partial charge in [0.25, 0.3) is 11.8 Å². The van der Waals surface area contributed by atoms with E-state index in [0.717, 1.165) is 25.8 Å². The average Bonchev–Trinajstić information content (AvgIpc) is 2.90. The highest BCUT2D eigenvalue weighted by Crippen LogP contribution is 2.28. The maximum absolute atomic E-state index is 14.1. The zero-order valence-corrected chi connectivity index (χ0v) is 23.2. The highest BCUT2D eigenvalue weighted by Gasteiger charge is 2.30. The van der Waals surface area contributed by atoms with E-state index in [-0.39, 0.29) is 36.5 Å². The molecule has 2 aromatic rings. The quantitative estimate of drug-likeness (QED) is 0.592. The van der Waals surface area contributed by atoms with Crippen LogP contribution in [0.25, 0.3) is 0 Å². The van der Waals surface area contributed by atoms with Crippen LogP contribution in [-0.4, -0.2) is 90.4 Å². The number of anilines is 1. The van der Waals surface area contributed by atoms with E-state index < -0.39 is 6.04 Å². The zero-order valence-electron chi connectivity index (χ0n) is 23.2. The Morgan fingerprint density at radius 1 is 1.21 bits per heavy atom. The number of hydrogen-bond donors (Lipinski definition) is 2. The van der Waals surface area contributed by atoms with Crippen molar-refractivity contribution in [3.63, 3.8) is 0 Å². The van der Waals surface area contributed by atoms with Gasteiger partial charge >= 0.3 is 0 Å². The third kappa shape index (κ3) is 8.24. The maximum atomic E-state index is 14.1. The summed E-state index contributed by atoms with van der Waals surface area (Å²) in [5.41, 5.74) is 1.29. The Morgan fingerprint density at radius 3 is 2.63 bits per heavy atom. The summed E-state index contributed by atoms with van der Waals surface area (Å²) in [6, 6.07) is 7.97. The number of nitrogens with zero attached hydrogens (tertiary/aromatic N) is 3. The van der Waals surface area contributed by atoms with Crippen LogP contribution in [0.15, 0.2) is 42.7 Å². The summed E-state index contributed by atoms with van der Waals surface area (Å²) in [6.45, 7) is 7.51. The van der Waals surface area contributed by atoms with Crippen LogP contribution < -0.4 is 10.1 Å². The van der Waals surface area contributed by atoms with Crippen molar-refractivity contribution in [3.05, 3.63) is 53.9 Å². The molecule has 0 spiro atoms. The number of amides is 2. The second-order valence-corrected chi connectivity index (χ2v) is 10.5. The molecule has 1 aromatic heterocycles. The number of benzene rings is 1. The molecule has 3 rings (SSSR count). The lowest BCUT2D eigenvalue weighted by Gasteiger charge is -2.35. The third-order valence-corrected chi connectivity index (χ3v) is 6.80. The molecule has 0 aliphatic carbocycles. The Kier molecular flexibility index (Phi) is 11.1. The minimum absolute atomic E-state index is 0.0242. The van der Waals surface area contributed by atoms with Crippen LogP contribution in [0.1, 0.15) is 60.7 Å². The number of aliphatic hydroxyl groups is 1. The molecule has 0 radical (unpaired) electrons. The first-order chi connectivity index (χ1) is 18.2. The first-order valence-corrected chi connectivity index (χ1v) is 13.4. The number of aliphatic hydroxyl groups excluding tert-OH is 1. The van der Waals surface area contributed by atoms with E-state index in [1.807, 2.05) is 27.9 Å². The van der Waals surface area contributed by atoms with Crippen molar-refractivity contribution in [2.75, 3.05) is 45.7 Å². The van der Waals surface area contributed by atoms with E-state index in [1.165, 1.54) is 0 Å². The van der Waals surface area contributed by atoms with Gasteiger partial charge in [0.15, 0.2) is 0 Å². The van der Waals surface area contributed by atoms with E-state index in [1.54, 1.807) is 47.6 Å². The van der Waals surface area contributed by atoms with Crippen LogP contribution in [0.5, 0.6) is 5.75 Å². The summed E-state index contributed by atoms with van der Waals surface area (Å²) in [7, 11) is 4.02. The van der Waals surface area contributed by atoms with E-state index >= 15 is 0 Å². The summed E-state index contributed by atoms with van der Waals surface area (Å²) < 4.78 is 12.5. The smallest absolute Gasteiger partial charge is 0.258 e. The van der Waals surface area contributed by atoms with Gasteiger partial charge < -0.3 is 29.7 Å². The van der Waals surface area contributed by atoms with Crippen LogP contribution >= 0.6 is 0 Å². The topological polar surface area (TPSA) is 104 Å². The molecule has 0 saturated carbocycles. The molecule has 9 heteroatoms. The van der Waals surface area contributed by atoms with Crippen LogP contribution in [0.2, 0.25) is 0 Å². The van der Waals surface area contributed by atoms with E-state index in [9.17, 15) is 14.7 Å². The molecule has 38 heavy (non-hydrogen) atoms. The monoisotopic (exact) mass is 526 g/mol. The van der Waals surface area contributed by atoms with Crippen molar-refractivity contribution in [2.24, 2.45) is 5.92 Å². The fourth-order valence-corrected chi connectivity index (χ4v) is 4.53. The summed E-state index contributed by atoms with van der Waals surface area (Å²) in [5, 5.41) is 12.9. The molecular weight excluding hydrogens is 484 g/mol. The Morgan fingerprint density at radius 2 is 1.95 bits per heavy atom. The minimum Gasteiger partial charge on any atom is -0.490 e. The summed E-state index contributed by atoms with van der Waals surface area (Å²) >= 11 is 0. The fourth-order valence-electron chi connectivity index (χ4n) is 4.53. The summed E-state index contributed by atoms with van der Waals surface area (Å²) in [5.74, 6) is -0.0735. The molecule has 0 unspecified atom stereocenters. The first kappa shape index (κ1) is 29.5. The van der Waals surface area contributed by atoms with Gasteiger partial charge in [0.05, 0.1) is 30.4 Å². The number of pyridine rings is 1. The van der Waals surface area contributed by atoms with Crippen molar-refractivity contribution in [2.45, 2.75) is 58.3 Å². The van der Waals surface area contributed by atoms with Crippen LogP contribution in [-0.2, 0) is 4.74 Å². The second-order valence-electron chi connectivity index (χ2n) is 10.5. The number of carbonyl (C=O) groups is 2. The highest BCUT2D eigenvalue weighted by molar-refractivity contribution is 6.05. The Balaban J connectivity index is 1.98. The van der Waals surface area contributed by atoms with Gasteiger partial charge in [-0.05, 0) is 77.5 Å². The van der Waals surface area contributed by atoms with Crippen LogP contribution in [0, 0.1) is 5.92 Å². The number of aromatic nitrogens is 1. The third-order valence-electron chi connectivity index (χ3n) is 6.80. The molecule has 2 heterocycles. The van der Waals surface area contributed by atoms with Crippen molar-refractivity contribution < 1.29 is 24.2 Å². The molecule has 208 valence electrons. The Bertz CT molecular complexity index is 1050. The van der Waals surface area contributed by atoms with Gasteiger partial charge in [-0.15, -0.1) is 0 Å². The molecule has 1 aliphatic rings. The van der Waals surface area contributed by atoms with Crippen LogP contribution in [0.4, 0.5) is 5.69 Å². The highest BCUT2D eigenvalue weighted by atomic mass is 16.5. The zero-order chi connectivity index (χ0) is 27.7. The lowest BCUT2D eigenvalue weighted by atomic mass is 10.0. The summed E-state index contributed by atoms with van der Waals surface area (Å²) in [6.07, 6.45) is 5.63. The normalized spacial score (nSPS) is 22.2. The Hall–Kier alpha value is -3.01. The van der Waals surface area contributed by atoms with E-state index in [4.69, 9.17) is 9.47 Å². The molecule has 1 aliphatic heterocycles. The molecule has 0 fully saturated rings. The maximum Gasteiger partial charge on any atom is 0.258 e. The lowest BCUT2D eigenvalue weighted by Crippen LogP contribution is -2.47. The number of rotatable bonds is 6. The number of carbonyl (C=O) groups excluding carboxylic acids is 2. The number of fused-ring (bicyclic) bond motifs is 1. The van der Waals surface area contributed by atoms with Gasteiger partial charge in [-0.2, -0.15) is 0 Å². The standard InChI is InChI=1S/C29H42N4O5/c1-20-17-33(21(2)19-34)29(36)25-16-24(31-28(35)23-11-13-30-14-12-23)9-10-26(25)38-22(3)8-6-7-15-37-27(20)18-32(4)5/h9-14,16,20-22,27,34H,6-8,15,17-19H2,1-5H3,(H,31,35)/t20-,21-,22-,27-/m1/s1. The summed E-state index contributed by atoms with van der Waals surface area (Å²) in [4.78, 5) is 34.6. The second kappa shape index (κ2) is 14.2. The molecule has 4 atom stereocenters. The van der Waals surface area contributed by atoms with E-state index in [2.05, 4.69) is 22.1 Å². The van der Waals surface area contributed by atoms with Gasteiger partial charge in [0.1, 0.15) is 5.75 Å². The average molecular weight is 527 g/mol. The van der Waals surface area contributed by atoms with Crippen molar-refractivity contribution in [3.8, 4) is 5.75 Å². The van der Waals surface area contributed by atoms with Gasteiger partial charge in [-0.1, -0.05) is 6.92 Å². The number of ether oxygens (including phenoxy) is 2. The number of hydrogen-bond acceptors (Lipinski definition) is 7. The van der Waals surface area contributed by atoms with Crippen molar-refractivity contribution >= 4 is 17.5 Å².